The first-order chi connectivity index (χ1) is 14.1. The van der Waals surface area contributed by atoms with Crippen LogP contribution >= 0.6 is 22.9 Å². The SMILES string of the molecule is Cc1nc(-c2ccc(Cl)cc2)sc1C(=O)NCC1CCCN(c2ccccc2)C1. The van der Waals surface area contributed by atoms with Crippen LogP contribution in [0.3, 0.4) is 0 Å². The van der Waals surface area contributed by atoms with Crippen LogP contribution in [0.15, 0.2) is 54.6 Å². The van der Waals surface area contributed by atoms with E-state index < -0.39 is 0 Å². The number of carbonyl (C=O) groups excluding carboxylic acids is 1. The summed E-state index contributed by atoms with van der Waals surface area (Å²) >= 11 is 7.40. The highest BCUT2D eigenvalue weighted by atomic mass is 35.5. The maximum Gasteiger partial charge on any atom is 0.263 e. The van der Waals surface area contributed by atoms with Gasteiger partial charge in [0.15, 0.2) is 0 Å². The van der Waals surface area contributed by atoms with Crippen molar-refractivity contribution in [3.8, 4) is 10.6 Å². The number of rotatable bonds is 5. The van der Waals surface area contributed by atoms with Gasteiger partial charge in [-0.15, -0.1) is 11.3 Å². The minimum atomic E-state index is -0.0305. The highest BCUT2D eigenvalue weighted by Crippen LogP contribution is 2.29. The van der Waals surface area contributed by atoms with Gasteiger partial charge in [-0.1, -0.05) is 41.9 Å². The van der Waals surface area contributed by atoms with Gasteiger partial charge in [-0.05, 0) is 49.9 Å². The smallest absolute Gasteiger partial charge is 0.263 e. The lowest BCUT2D eigenvalue weighted by atomic mass is 9.97. The van der Waals surface area contributed by atoms with Crippen molar-refractivity contribution in [2.45, 2.75) is 19.8 Å². The number of aromatic nitrogens is 1. The van der Waals surface area contributed by atoms with Gasteiger partial charge in [0.25, 0.3) is 5.91 Å². The van der Waals surface area contributed by atoms with E-state index >= 15 is 0 Å². The molecule has 6 heteroatoms. The second-order valence-corrected chi connectivity index (χ2v) is 8.88. The Balaban J connectivity index is 1.38. The third-order valence-corrected chi connectivity index (χ3v) is 6.74. The van der Waals surface area contributed by atoms with E-state index in [1.165, 1.54) is 17.0 Å². The van der Waals surface area contributed by atoms with Crippen LogP contribution in [0.25, 0.3) is 10.6 Å². The van der Waals surface area contributed by atoms with Crippen LogP contribution in [0.1, 0.15) is 28.2 Å². The zero-order valence-corrected chi connectivity index (χ0v) is 18.0. The first kappa shape index (κ1) is 19.9. The molecule has 1 fully saturated rings. The molecular formula is C23H24ClN3OS. The number of nitrogens with one attached hydrogen (secondary N) is 1. The third kappa shape index (κ3) is 4.80. The summed E-state index contributed by atoms with van der Waals surface area (Å²) in [6.07, 6.45) is 2.29. The molecule has 0 spiro atoms. The van der Waals surface area contributed by atoms with Crippen molar-refractivity contribution in [2.75, 3.05) is 24.5 Å². The molecule has 1 aliphatic rings. The third-order valence-electron chi connectivity index (χ3n) is 5.29. The van der Waals surface area contributed by atoms with Crippen molar-refractivity contribution in [1.82, 2.24) is 10.3 Å². The first-order valence-corrected chi connectivity index (χ1v) is 11.1. The Kier molecular flexibility index (Phi) is 6.16. The van der Waals surface area contributed by atoms with Crippen molar-refractivity contribution in [2.24, 2.45) is 5.92 Å². The quantitative estimate of drug-likeness (QED) is 0.593. The molecule has 0 bridgehead atoms. The molecule has 0 aliphatic carbocycles. The number of piperidine rings is 1. The van der Waals surface area contributed by atoms with Crippen molar-refractivity contribution < 1.29 is 4.79 Å². The molecule has 0 saturated carbocycles. The van der Waals surface area contributed by atoms with Crippen LogP contribution in [0, 0.1) is 12.8 Å². The lowest BCUT2D eigenvalue weighted by Gasteiger charge is -2.34. The Bertz CT molecular complexity index is 972. The highest BCUT2D eigenvalue weighted by Gasteiger charge is 2.22. The van der Waals surface area contributed by atoms with E-state index in [0.29, 0.717) is 22.4 Å². The number of para-hydroxylation sites is 1. The Morgan fingerprint density at radius 3 is 2.72 bits per heavy atom. The molecule has 1 N–H and O–H groups in total. The van der Waals surface area contributed by atoms with Gasteiger partial charge in [0.05, 0.1) is 5.69 Å². The first-order valence-electron chi connectivity index (χ1n) is 9.91. The fourth-order valence-electron chi connectivity index (χ4n) is 3.75. The second-order valence-electron chi connectivity index (χ2n) is 7.44. The molecule has 3 aromatic rings. The van der Waals surface area contributed by atoms with Crippen molar-refractivity contribution in [3.63, 3.8) is 0 Å². The van der Waals surface area contributed by atoms with Crippen molar-refractivity contribution >= 4 is 34.5 Å². The van der Waals surface area contributed by atoms with E-state index in [4.69, 9.17) is 11.6 Å². The maximum atomic E-state index is 12.8. The van der Waals surface area contributed by atoms with Crippen LogP contribution in [0.2, 0.25) is 5.02 Å². The summed E-state index contributed by atoms with van der Waals surface area (Å²) in [6, 6.07) is 18.0. The Labute approximate surface area is 180 Å². The average Bonchev–Trinajstić information content (AvgIpc) is 3.15. The molecule has 0 radical (unpaired) electrons. The van der Waals surface area contributed by atoms with E-state index in [1.807, 2.05) is 37.3 Å². The van der Waals surface area contributed by atoms with E-state index in [0.717, 1.165) is 42.2 Å². The zero-order chi connectivity index (χ0) is 20.2. The van der Waals surface area contributed by atoms with Crippen LogP contribution in [-0.4, -0.2) is 30.5 Å². The molecule has 150 valence electrons. The van der Waals surface area contributed by atoms with Gasteiger partial charge in [-0.25, -0.2) is 4.98 Å². The van der Waals surface area contributed by atoms with Gasteiger partial charge in [0, 0.05) is 35.9 Å². The Hall–Kier alpha value is -2.37. The van der Waals surface area contributed by atoms with E-state index in [-0.39, 0.29) is 5.91 Å². The molecule has 29 heavy (non-hydrogen) atoms. The second kappa shape index (κ2) is 8.97. The summed E-state index contributed by atoms with van der Waals surface area (Å²) in [5.74, 6) is 0.425. The van der Waals surface area contributed by atoms with E-state index in [1.54, 1.807) is 0 Å². The molecule has 4 nitrogen and oxygen atoms in total. The molecule has 4 rings (SSSR count). The maximum absolute atomic E-state index is 12.8. The van der Waals surface area contributed by atoms with Gasteiger partial charge >= 0.3 is 0 Å². The number of halogens is 1. The van der Waals surface area contributed by atoms with Gasteiger partial charge in [0.2, 0.25) is 0 Å². The number of hydrogen-bond acceptors (Lipinski definition) is 4. The summed E-state index contributed by atoms with van der Waals surface area (Å²) in [5, 5.41) is 4.68. The molecule has 1 unspecified atom stereocenters. The van der Waals surface area contributed by atoms with Crippen LogP contribution in [0.5, 0.6) is 0 Å². The fraction of sp³-hybridized carbons (Fsp3) is 0.304. The van der Waals surface area contributed by atoms with Crippen molar-refractivity contribution in [3.05, 3.63) is 70.2 Å². The molecule has 1 saturated heterocycles. The minimum Gasteiger partial charge on any atom is -0.371 e. The molecule has 1 amide bonds. The zero-order valence-electron chi connectivity index (χ0n) is 16.4. The van der Waals surface area contributed by atoms with Gasteiger partial charge in [-0.2, -0.15) is 0 Å². The number of amides is 1. The number of thiazole rings is 1. The number of anilines is 1. The number of carbonyl (C=O) groups is 1. The Morgan fingerprint density at radius 2 is 1.97 bits per heavy atom. The normalized spacial score (nSPS) is 16.6. The lowest BCUT2D eigenvalue weighted by Crippen LogP contribution is -2.41. The van der Waals surface area contributed by atoms with E-state index in [2.05, 4.69) is 39.5 Å². The molecular weight excluding hydrogens is 402 g/mol. The number of nitrogens with zero attached hydrogens (tertiary/aromatic N) is 2. The van der Waals surface area contributed by atoms with E-state index in [9.17, 15) is 4.79 Å². The molecule has 1 atom stereocenters. The number of aryl methyl sites for hydroxylation is 1. The van der Waals surface area contributed by atoms with Crippen molar-refractivity contribution in [1.29, 1.82) is 0 Å². The van der Waals surface area contributed by atoms with Gasteiger partial charge in [0.1, 0.15) is 9.88 Å². The van der Waals surface area contributed by atoms with Gasteiger partial charge in [-0.3, -0.25) is 4.79 Å². The fourth-order valence-corrected chi connectivity index (χ4v) is 4.86. The average molecular weight is 426 g/mol. The molecule has 2 aromatic carbocycles. The number of hydrogen-bond donors (Lipinski definition) is 1. The van der Waals surface area contributed by atoms with Crippen LogP contribution in [-0.2, 0) is 0 Å². The topological polar surface area (TPSA) is 45.2 Å². The lowest BCUT2D eigenvalue weighted by molar-refractivity contribution is 0.0949. The summed E-state index contributed by atoms with van der Waals surface area (Å²) in [7, 11) is 0. The standard InChI is InChI=1S/C23H24ClN3OS/c1-16-21(29-23(26-16)18-9-11-19(24)12-10-18)22(28)25-14-17-6-5-13-27(15-17)20-7-3-2-4-8-20/h2-4,7-12,17H,5-6,13-15H2,1H3,(H,25,28). The minimum absolute atomic E-state index is 0.0305. The predicted octanol–water partition coefficient (Wildman–Crippen LogP) is 5.42. The number of benzene rings is 2. The van der Waals surface area contributed by atoms with Gasteiger partial charge < -0.3 is 10.2 Å². The molecule has 1 aromatic heterocycles. The highest BCUT2D eigenvalue weighted by molar-refractivity contribution is 7.17. The summed E-state index contributed by atoms with van der Waals surface area (Å²) in [4.78, 5) is 20.5. The summed E-state index contributed by atoms with van der Waals surface area (Å²) < 4.78 is 0. The Morgan fingerprint density at radius 1 is 1.21 bits per heavy atom. The summed E-state index contributed by atoms with van der Waals surface area (Å²) in [5.41, 5.74) is 3.01. The molecule has 1 aliphatic heterocycles. The predicted molar refractivity (Wildman–Crippen MR) is 121 cm³/mol. The largest absolute Gasteiger partial charge is 0.371 e. The van der Waals surface area contributed by atoms with Crippen LogP contribution in [0.4, 0.5) is 5.69 Å². The molecule has 2 heterocycles. The monoisotopic (exact) mass is 425 g/mol. The summed E-state index contributed by atoms with van der Waals surface area (Å²) in [6.45, 7) is 4.63. The van der Waals surface area contributed by atoms with Crippen LogP contribution < -0.4 is 10.2 Å².